The Morgan fingerprint density at radius 3 is 1.93 bits per heavy atom. The van der Waals surface area contributed by atoms with Gasteiger partial charge in [0.25, 0.3) is 11.8 Å². The SMILES string of the molecule is CC1C2=CC=CC=C1C(=O)N(C)C2=O. The highest BCUT2D eigenvalue weighted by atomic mass is 16.2. The van der Waals surface area contributed by atoms with Crippen LogP contribution >= 0.6 is 0 Å². The minimum absolute atomic E-state index is 0.0822. The summed E-state index contributed by atoms with van der Waals surface area (Å²) in [6, 6.07) is 0. The Kier molecular flexibility index (Phi) is 1.88. The van der Waals surface area contributed by atoms with Crippen molar-refractivity contribution in [2.45, 2.75) is 6.92 Å². The van der Waals surface area contributed by atoms with Crippen molar-refractivity contribution in [1.82, 2.24) is 4.90 Å². The Morgan fingerprint density at radius 1 is 1.07 bits per heavy atom. The van der Waals surface area contributed by atoms with Gasteiger partial charge in [-0.25, -0.2) is 0 Å². The van der Waals surface area contributed by atoms with E-state index in [4.69, 9.17) is 0 Å². The molecule has 0 atom stereocenters. The second-order valence-electron chi connectivity index (χ2n) is 3.52. The van der Waals surface area contributed by atoms with Crippen molar-refractivity contribution >= 4 is 11.8 Å². The number of hydrogen-bond donors (Lipinski definition) is 0. The van der Waals surface area contributed by atoms with E-state index in [1.165, 1.54) is 11.9 Å². The Balaban J connectivity index is 2.59. The zero-order chi connectivity index (χ0) is 10.3. The number of fused-ring (bicyclic) bond motifs is 2. The highest BCUT2D eigenvalue weighted by Gasteiger charge is 2.36. The lowest BCUT2D eigenvalue weighted by Crippen LogP contribution is -2.43. The van der Waals surface area contributed by atoms with Crippen LogP contribution in [0, 0.1) is 5.92 Å². The number of carbonyl (C=O) groups is 2. The molecule has 2 amide bonds. The molecule has 0 unspecified atom stereocenters. The standard InChI is InChI=1S/C11H11NO2/c1-7-8-5-3-4-6-9(7)11(14)12(2)10(8)13/h3-7H,1-2H3. The number of allylic oxidation sites excluding steroid dienone is 4. The minimum atomic E-state index is -0.189. The van der Waals surface area contributed by atoms with Crippen LogP contribution in [0.5, 0.6) is 0 Å². The van der Waals surface area contributed by atoms with Crippen molar-refractivity contribution in [3.05, 3.63) is 35.5 Å². The summed E-state index contributed by atoms with van der Waals surface area (Å²) in [6.45, 7) is 1.88. The number of likely N-dealkylation sites (tertiary alicyclic amines) is 1. The van der Waals surface area contributed by atoms with Crippen LogP contribution in [0.2, 0.25) is 0 Å². The molecule has 3 nitrogen and oxygen atoms in total. The van der Waals surface area contributed by atoms with E-state index in [-0.39, 0.29) is 17.7 Å². The number of imide groups is 1. The number of rotatable bonds is 0. The number of carbonyl (C=O) groups excluding carboxylic acids is 2. The Hall–Kier alpha value is -1.64. The van der Waals surface area contributed by atoms with E-state index < -0.39 is 0 Å². The van der Waals surface area contributed by atoms with Crippen LogP contribution in [0.25, 0.3) is 0 Å². The van der Waals surface area contributed by atoms with E-state index in [1.54, 1.807) is 24.3 Å². The van der Waals surface area contributed by atoms with Gasteiger partial charge in [-0.1, -0.05) is 31.2 Å². The van der Waals surface area contributed by atoms with E-state index in [0.29, 0.717) is 11.1 Å². The van der Waals surface area contributed by atoms with Gasteiger partial charge in [0.2, 0.25) is 0 Å². The lowest BCUT2D eigenvalue weighted by atomic mass is 9.87. The summed E-state index contributed by atoms with van der Waals surface area (Å²) < 4.78 is 0. The normalized spacial score (nSPS) is 22.0. The van der Waals surface area contributed by atoms with Gasteiger partial charge in [-0.3, -0.25) is 14.5 Å². The molecule has 0 N–H and O–H groups in total. The highest BCUT2D eigenvalue weighted by molar-refractivity contribution is 6.15. The predicted molar refractivity (Wildman–Crippen MR) is 52.2 cm³/mol. The van der Waals surface area contributed by atoms with Crippen LogP contribution in [-0.4, -0.2) is 23.8 Å². The first-order valence-corrected chi connectivity index (χ1v) is 4.53. The molecule has 14 heavy (non-hydrogen) atoms. The molecule has 1 aliphatic heterocycles. The molecule has 1 saturated heterocycles. The van der Waals surface area contributed by atoms with E-state index in [9.17, 15) is 9.59 Å². The van der Waals surface area contributed by atoms with Crippen molar-refractivity contribution < 1.29 is 9.59 Å². The summed E-state index contributed by atoms with van der Waals surface area (Å²) in [4.78, 5) is 24.5. The molecule has 1 aliphatic carbocycles. The Morgan fingerprint density at radius 2 is 1.50 bits per heavy atom. The van der Waals surface area contributed by atoms with Gasteiger partial charge < -0.3 is 0 Å². The number of amides is 2. The second-order valence-corrected chi connectivity index (χ2v) is 3.52. The molecule has 0 aromatic heterocycles. The van der Waals surface area contributed by atoms with Gasteiger partial charge in [0, 0.05) is 24.1 Å². The van der Waals surface area contributed by atoms with E-state index in [1.807, 2.05) is 6.92 Å². The average Bonchev–Trinajstić information content (AvgIpc) is 2.33. The molecule has 0 spiro atoms. The lowest BCUT2D eigenvalue weighted by molar-refractivity contribution is -0.140. The quantitative estimate of drug-likeness (QED) is 0.534. The first kappa shape index (κ1) is 8.94. The van der Waals surface area contributed by atoms with E-state index >= 15 is 0 Å². The topological polar surface area (TPSA) is 37.4 Å². The van der Waals surface area contributed by atoms with Crippen LogP contribution in [-0.2, 0) is 9.59 Å². The fourth-order valence-electron chi connectivity index (χ4n) is 1.77. The molecular weight excluding hydrogens is 178 g/mol. The molecule has 1 fully saturated rings. The van der Waals surface area contributed by atoms with Crippen molar-refractivity contribution in [3.63, 3.8) is 0 Å². The number of likely N-dealkylation sites (N-methyl/N-ethyl adjacent to an activating group) is 1. The van der Waals surface area contributed by atoms with Gasteiger partial charge in [0.05, 0.1) is 0 Å². The summed E-state index contributed by atoms with van der Waals surface area (Å²) >= 11 is 0. The molecule has 1 heterocycles. The van der Waals surface area contributed by atoms with E-state index in [0.717, 1.165) is 0 Å². The molecule has 72 valence electrons. The molecule has 0 aromatic carbocycles. The van der Waals surface area contributed by atoms with Crippen LogP contribution < -0.4 is 0 Å². The maximum absolute atomic E-state index is 11.7. The van der Waals surface area contributed by atoms with Crippen LogP contribution in [0.1, 0.15) is 6.92 Å². The first-order valence-electron chi connectivity index (χ1n) is 4.53. The van der Waals surface area contributed by atoms with Gasteiger partial charge >= 0.3 is 0 Å². The third-order valence-electron chi connectivity index (χ3n) is 2.70. The van der Waals surface area contributed by atoms with Crippen molar-refractivity contribution in [2.24, 2.45) is 5.92 Å². The molecule has 0 saturated carbocycles. The number of nitrogens with zero attached hydrogens (tertiary/aromatic N) is 1. The Labute approximate surface area is 82.4 Å². The highest BCUT2D eigenvalue weighted by Crippen LogP contribution is 2.30. The zero-order valence-electron chi connectivity index (χ0n) is 8.15. The summed E-state index contributed by atoms with van der Waals surface area (Å²) in [5, 5.41) is 0. The minimum Gasteiger partial charge on any atom is -0.278 e. The van der Waals surface area contributed by atoms with E-state index in [2.05, 4.69) is 0 Å². The predicted octanol–water partition coefficient (Wildman–Crippen LogP) is 1.04. The van der Waals surface area contributed by atoms with Crippen LogP contribution in [0.3, 0.4) is 0 Å². The van der Waals surface area contributed by atoms with Crippen molar-refractivity contribution in [1.29, 1.82) is 0 Å². The molecule has 3 heteroatoms. The second kappa shape index (κ2) is 2.94. The zero-order valence-corrected chi connectivity index (χ0v) is 8.15. The number of piperidine rings is 1. The monoisotopic (exact) mass is 189 g/mol. The maximum atomic E-state index is 11.7. The van der Waals surface area contributed by atoms with Crippen LogP contribution in [0.4, 0.5) is 0 Å². The number of hydrogen-bond acceptors (Lipinski definition) is 2. The molecule has 0 aromatic rings. The molecule has 2 bridgehead atoms. The van der Waals surface area contributed by atoms with Crippen molar-refractivity contribution in [3.8, 4) is 0 Å². The van der Waals surface area contributed by atoms with Crippen LogP contribution in [0.15, 0.2) is 35.5 Å². The third kappa shape index (κ3) is 1.05. The van der Waals surface area contributed by atoms with Gasteiger partial charge in [-0.2, -0.15) is 0 Å². The fraction of sp³-hybridized carbons (Fsp3) is 0.273. The molecule has 2 rings (SSSR count). The van der Waals surface area contributed by atoms with Gasteiger partial charge in [0.15, 0.2) is 0 Å². The summed E-state index contributed by atoms with van der Waals surface area (Å²) in [5.74, 6) is -0.460. The largest absolute Gasteiger partial charge is 0.278 e. The summed E-state index contributed by atoms with van der Waals surface area (Å²) in [5.41, 5.74) is 1.37. The first-order chi connectivity index (χ1) is 6.63. The smallest absolute Gasteiger partial charge is 0.256 e. The van der Waals surface area contributed by atoms with Crippen molar-refractivity contribution in [2.75, 3.05) is 7.05 Å². The maximum Gasteiger partial charge on any atom is 0.256 e. The lowest BCUT2D eigenvalue weighted by Gasteiger charge is -2.29. The van der Waals surface area contributed by atoms with Gasteiger partial charge in [-0.05, 0) is 0 Å². The molecule has 0 radical (unpaired) electrons. The summed E-state index contributed by atoms with van der Waals surface area (Å²) in [6.07, 6.45) is 7.14. The van der Waals surface area contributed by atoms with Gasteiger partial charge in [-0.15, -0.1) is 0 Å². The van der Waals surface area contributed by atoms with Gasteiger partial charge in [0.1, 0.15) is 0 Å². The molecular formula is C11H11NO2. The molecule has 2 aliphatic rings. The average molecular weight is 189 g/mol. The Bertz CT molecular complexity index is 366. The third-order valence-corrected chi connectivity index (χ3v) is 2.70. The summed E-state index contributed by atoms with van der Waals surface area (Å²) in [7, 11) is 1.52. The fourth-order valence-corrected chi connectivity index (χ4v) is 1.77.